The molecule has 0 aliphatic carbocycles. The highest BCUT2D eigenvalue weighted by atomic mass is 32.1. The van der Waals surface area contributed by atoms with Gasteiger partial charge in [0.15, 0.2) is 5.69 Å². The van der Waals surface area contributed by atoms with Crippen LogP contribution in [-0.2, 0) is 11.3 Å². The van der Waals surface area contributed by atoms with Crippen LogP contribution in [0.5, 0.6) is 5.75 Å². The number of nitrogens with one attached hydrogen (secondary N) is 1. The number of thiophene rings is 1. The SMILES string of the molecule is CCC(C)NC(=O)c1ccc(-c2cc3c(cc2C(=O)O)-c2sccc2CO3)c(C(=O)OC)n1. The molecule has 3 heterocycles. The van der Waals surface area contributed by atoms with Crippen molar-refractivity contribution in [2.24, 2.45) is 0 Å². The number of amides is 1. The van der Waals surface area contributed by atoms with E-state index >= 15 is 0 Å². The van der Waals surface area contributed by atoms with Gasteiger partial charge in [0.1, 0.15) is 18.1 Å². The maximum atomic E-state index is 12.6. The summed E-state index contributed by atoms with van der Waals surface area (Å²) in [6.07, 6.45) is 0.733. The van der Waals surface area contributed by atoms with Crippen LogP contribution in [-0.4, -0.2) is 41.1 Å². The van der Waals surface area contributed by atoms with E-state index in [4.69, 9.17) is 9.47 Å². The third kappa shape index (κ3) is 4.19. The average molecular weight is 467 g/mol. The second-order valence-corrected chi connectivity index (χ2v) is 8.55. The van der Waals surface area contributed by atoms with Gasteiger partial charge in [-0.05, 0) is 49.1 Å². The molecule has 1 aliphatic rings. The van der Waals surface area contributed by atoms with Crippen LogP contribution in [0.1, 0.15) is 57.2 Å². The maximum Gasteiger partial charge on any atom is 0.357 e. The molecule has 1 aliphatic heterocycles. The van der Waals surface area contributed by atoms with Gasteiger partial charge in [-0.25, -0.2) is 14.6 Å². The summed E-state index contributed by atoms with van der Waals surface area (Å²) in [5.41, 5.74) is 2.04. The molecule has 0 fully saturated rings. The quantitative estimate of drug-likeness (QED) is 0.518. The number of pyridine rings is 1. The number of aromatic carboxylic acids is 1. The Hall–Kier alpha value is -3.72. The molecule has 0 spiro atoms. The van der Waals surface area contributed by atoms with Crippen LogP contribution < -0.4 is 10.1 Å². The summed E-state index contributed by atoms with van der Waals surface area (Å²) >= 11 is 1.51. The summed E-state index contributed by atoms with van der Waals surface area (Å²) in [6, 6.07) is 8.00. The molecule has 0 radical (unpaired) electrons. The van der Waals surface area contributed by atoms with E-state index in [0.29, 0.717) is 17.9 Å². The summed E-state index contributed by atoms with van der Waals surface area (Å²) in [4.78, 5) is 42.5. The number of benzene rings is 1. The predicted octanol–water partition coefficient (Wildman–Crippen LogP) is 4.38. The number of carboxylic acids is 1. The number of carboxylic acid groups (broad SMARTS) is 1. The molecule has 2 N–H and O–H groups in total. The number of aromatic nitrogens is 1. The van der Waals surface area contributed by atoms with E-state index in [9.17, 15) is 19.5 Å². The van der Waals surface area contributed by atoms with Crippen molar-refractivity contribution in [1.29, 1.82) is 0 Å². The number of nitrogens with zero attached hydrogens (tertiary/aromatic N) is 1. The zero-order chi connectivity index (χ0) is 23.7. The lowest BCUT2D eigenvalue weighted by molar-refractivity contribution is 0.0593. The number of carbonyl (C=O) groups excluding carboxylic acids is 2. The van der Waals surface area contributed by atoms with E-state index in [2.05, 4.69) is 10.3 Å². The fourth-order valence-corrected chi connectivity index (χ4v) is 4.51. The lowest BCUT2D eigenvalue weighted by Crippen LogP contribution is -2.32. The zero-order valence-electron chi connectivity index (χ0n) is 18.3. The monoisotopic (exact) mass is 466 g/mol. The third-order valence-corrected chi connectivity index (χ3v) is 6.50. The normalized spacial score (nSPS) is 12.7. The van der Waals surface area contributed by atoms with Gasteiger partial charge in [0.2, 0.25) is 0 Å². The van der Waals surface area contributed by atoms with Gasteiger partial charge in [0.25, 0.3) is 5.91 Å². The molecule has 170 valence electrons. The first-order valence-corrected chi connectivity index (χ1v) is 11.2. The number of methoxy groups -OCH3 is 1. The Morgan fingerprint density at radius 3 is 2.70 bits per heavy atom. The maximum absolute atomic E-state index is 12.6. The molecule has 0 saturated heterocycles. The molecule has 1 atom stereocenters. The fourth-order valence-electron chi connectivity index (χ4n) is 3.57. The van der Waals surface area contributed by atoms with Crippen molar-refractivity contribution >= 4 is 29.2 Å². The Kier molecular flexibility index (Phi) is 6.15. The van der Waals surface area contributed by atoms with Crippen LogP contribution in [0.4, 0.5) is 0 Å². The van der Waals surface area contributed by atoms with Crippen LogP contribution in [0.3, 0.4) is 0 Å². The van der Waals surface area contributed by atoms with Crippen molar-refractivity contribution in [2.75, 3.05) is 7.11 Å². The van der Waals surface area contributed by atoms with Crippen LogP contribution >= 0.6 is 11.3 Å². The molecule has 1 unspecified atom stereocenters. The molecule has 2 aromatic heterocycles. The summed E-state index contributed by atoms with van der Waals surface area (Å²) in [7, 11) is 1.20. The van der Waals surface area contributed by atoms with Gasteiger partial charge >= 0.3 is 11.9 Å². The minimum atomic E-state index is -1.16. The lowest BCUT2D eigenvalue weighted by Gasteiger charge is -2.21. The molecule has 0 bridgehead atoms. The number of esters is 1. The number of hydrogen-bond donors (Lipinski definition) is 2. The van der Waals surface area contributed by atoms with Gasteiger partial charge in [-0.15, -0.1) is 11.3 Å². The Morgan fingerprint density at radius 1 is 1.21 bits per heavy atom. The van der Waals surface area contributed by atoms with Gasteiger partial charge in [-0.3, -0.25) is 4.79 Å². The third-order valence-electron chi connectivity index (χ3n) is 5.51. The minimum absolute atomic E-state index is 0.0117. The van der Waals surface area contributed by atoms with Gasteiger partial charge in [0, 0.05) is 33.2 Å². The highest BCUT2D eigenvalue weighted by Gasteiger charge is 2.27. The molecule has 1 aromatic carbocycles. The first-order valence-electron chi connectivity index (χ1n) is 10.4. The number of ether oxygens (including phenoxy) is 2. The van der Waals surface area contributed by atoms with Gasteiger partial charge in [0.05, 0.1) is 12.7 Å². The van der Waals surface area contributed by atoms with Crippen molar-refractivity contribution in [3.05, 3.63) is 58.2 Å². The number of hydrogen-bond acceptors (Lipinski definition) is 7. The van der Waals surface area contributed by atoms with Gasteiger partial charge in [-0.1, -0.05) is 6.92 Å². The topological polar surface area (TPSA) is 115 Å². The van der Waals surface area contributed by atoms with Crippen molar-refractivity contribution in [3.8, 4) is 27.3 Å². The average Bonchev–Trinajstić information content (AvgIpc) is 3.31. The smallest absolute Gasteiger partial charge is 0.357 e. The first kappa shape index (κ1) is 22.5. The van der Waals surface area contributed by atoms with E-state index in [0.717, 1.165) is 16.9 Å². The van der Waals surface area contributed by atoms with Crippen LogP contribution in [0.25, 0.3) is 21.6 Å². The summed E-state index contributed by atoms with van der Waals surface area (Å²) in [5.74, 6) is -1.86. The van der Waals surface area contributed by atoms with E-state index < -0.39 is 17.8 Å². The zero-order valence-corrected chi connectivity index (χ0v) is 19.1. The fraction of sp³-hybridized carbons (Fsp3) is 0.250. The molecule has 0 saturated carbocycles. The number of rotatable bonds is 6. The first-order chi connectivity index (χ1) is 15.8. The van der Waals surface area contributed by atoms with Gasteiger partial charge in [-0.2, -0.15) is 0 Å². The van der Waals surface area contributed by atoms with Crippen LogP contribution in [0.15, 0.2) is 35.7 Å². The molecule has 8 nitrogen and oxygen atoms in total. The molecule has 9 heteroatoms. The number of fused-ring (bicyclic) bond motifs is 3. The second kappa shape index (κ2) is 9.03. The Morgan fingerprint density at radius 2 is 2.00 bits per heavy atom. The van der Waals surface area contributed by atoms with E-state index in [1.54, 1.807) is 12.1 Å². The van der Waals surface area contributed by atoms with E-state index in [1.165, 1.54) is 30.6 Å². The van der Waals surface area contributed by atoms with Crippen molar-refractivity contribution < 1.29 is 29.0 Å². The lowest BCUT2D eigenvalue weighted by atomic mass is 9.93. The molecule has 1 amide bonds. The molecule has 4 rings (SSSR count). The minimum Gasteiger partial charge on any atom is -0.488 e. The van der Waals surface area contributed by atoms with Gasteiger partial charge < -0.3 is 19.9 Å². The van der Waals surface area contributed by atoms with Crippen molar-refractivity contribution in [1.82, 2.24) is 10.3 Å². The Labute approximate surface area is 194 Å². The molecular weight excluding hydrogens is 444 g/mol. The number of carbonyl (C=O) groups is 3. The largest absolute Gasteiger partial charge is 0.488 e. The molecule has 3 aromatic rings. The Bertz CT molecular complexity index is 1270. The summed E-state index contributed by atoms with van der Waals surface area (Å²) in [5, 5.41) is 14.7. The predicted molar refractivity (Wildman–Crippen MR) is 123 cm³/mol. The molecular formula is C24H22N2O6S. The van der Waals surface area contributed by atoms with Crippen LogP contribution in [0.2, 0.25) is 0 Å². The van der Waals surface area contributed by atoms with Crippen LogP contribution in [0, 0.1) is 0 Å². The molecule has 33 heavy (non-hydrogen) atoms. The highest BCUT2D eigenvalue weighted by Crippen LogP contribution is 2.44. The van der Waals surface area contributed by atoms with Crippen molar-refractivity contribution in [3.63, 3.8) is 0 Å². The Balaban J connectivity index is 1.87. The summed E-state index contributed by atoms with van der Waals surface area (Å²) < 4.78 is 10.7. The summed E-state index contributed by atoms with van der Waals surface area (Å²) in [6.45, 7) is 4.17. The van der Waals surface area contributed by atoms with E-state index in [-0.39, 0.29) is 34.1 Å². The van der Waals surface area contributed by atoms with E-state index in [1.807, 2.05) is 25.3 Å². The van der Waals surface area contributed by atoms with Crippen molar-refractivity contribution in [2.45, 2.75) is 32.9 Å². The standard InChI is InChI=1S/C24H22N2O6S/c1-4-12(2)25-22(27)18-6-5-14(20(26-18)24(30)31-3)15-10-19-17(9-16(15)23(28)29)21-13(11-32-19)7-8-33-21/h5-10,12H,4,11H2,1-3H3,(H,25,27)(H,28,29). The second-order valence-electron chi connectivity index (χ2n) is 7.63. The highest BCUT2D eigenvalue weighted by molar-refractivity contribution is 7.13.